The predicted octanol–water partition coefficient (Wildman–Crippen LogP) is 2.40. The number of hydrogen-bond acceptors (Lipinski definition) is 3. The van der Waals surface area contributed by atoms with E-state index in [1.165, 1.54) is 16.9 Å². The first-order valence-electron chi connectivity index (χ1n) is 7.28. The third-order valence-electron chi connectivity index (χ3n) is 3.90. The Morgan fingerprint density at radius 2 is 2.10 bits per heavy atom. The fourth-order valence-electron chi connectivity index (χ4n) is 2.85. The number of para-hydroxylation sites is 1. The van der Waals surface area contributed by atoms with Crippen LogP contribution in [0.5, 0.6) is 0 Å². The second-order valence-electron chi connectivity index (χ2n) is 5.61. The molecule has 1 saturated heterocycles. The number of aromatic nitrogens is 2. The van der Waals surface area contributed by atoms with Crippen molar-refractivity contribution in [3.05, 3.63) is 47.8 Å². The van der Waals surface area contributed by atoms with Gasteiger partial charge in [-0.15, -0.1) is 12.4 Å². The molecule has 1 aromatic carbocycles. The van der Waals surface area contributed by atoms with Gasteiger partial charge in [0.15, 0.2) is 0 Å². The standard InChI is InChI=1S/C16H22N4.ClH/c1-13-5-3-4-6-16(13)20-15(7-8-18-20)12-19-10-9-17-14(2)11-19;/h3-8,14,17H,9-12H2,1-2H3;1H/t14-;/m0./s1. The molecule has 1 N–H and O–H groups in total. The number of piperazine rings is 1. The fraction of sp³-hybridized carbons (Fsp3) is 0.438. The quantitative estimate of drug-likeness (QED) is 0.945. The molecule has 0 radical (unpaired) electrons. The number of rotatable bonds is 3. The molecule has 0 amide bonds. The van der Waals surface area contributed by atoms with Gasteiger partial charge in [-0.3, -0.25) is 4.90 Å². The predicted molar refractivity (Wildman–Crippen MR) is 88.3 cm³/mol. The van der Waals surface area contributed by atoms with Crippen LogP contribution in [-0.4, -0.2) is 40.4 Å². The first-order chi connectivity index (χ1) is 9.74. The van der Waals surface area contributed by atoms with Crippen molar-refractivity contribution in [1.82, 2.24) is 20.0 Å². The molecule has 1 atom stereocenters. The summed E-state index contributed by atoms with van der Waals surface area (Å²) < 4.78 is 2.07. The molecule has 4 nitrogen and oxygen atoms in total. The van der Waals surface area contributed by atoms with Gasteiger partial charge in [-0.1, -0.05) is 18.2 Å². The van der Waals surface area contributed by atoms with E-state index in [4.69, 9.17) is 0 Å². The van der Waals surface area contributed by atoms with Crippen molar-refractivity contribution in [1.29, 1.82) is 0 Å². The van der Waals surface area contributed by atoms with Crippen molar-refractivity contribution < 1.29 is 0 Å². The summed E-state index contributed by atoms with van der Waals surface area (Å²) in [5.74, 6) is 0. The minimum absolute atomic E-state index is 0. The van der Waals surface area contributed by atoms with Gasteiger partial charge in [0, 0.05) is 38.4 Å². The lowest BCUT2D eigenvalue weighted by molar-refractivity contribution is 0.196. The molecule has 1 fully saturated rings. The Kier molecular flexibility index (Phi) is 5.39. The van der Waals surface area contributed by atoms with Gasteiger partial charge >= 0.3 is 0 Å². The normalized spacial score (nSPS) is 19.2. The maximum absolute atomic E-state index is 4.51. The van der Waals surface area contributed by atoms with Gasteiger partial charge in [0.2, 0.25) is 0 Å². The molecular weight excluding hydrogens is 284 g/mol. The molecule has 114 valence electrons. The number of halogens is 1. The highest BCUT2D eigenvalue weighted by atomic mass is 35.5. The zero-order valence-corrected chi connectivity index (χ0v) is 13.4. The number of nitrogens with zero attached hydrogens (tertiary/aromatic N) is 3. The summed E-state index contributed by atoms with van der Waals surface area (Å²) in [5.41, 5.74) is 3.69. The summed E-state index contributed by atoms with van der Waals surface area (Å²) in [6.07, 6.45) is 1.90. The Labute approximate surface area is 132 Å². The summed E-state index contributed by atoms with van der Waals surface area (Å²) in [5, 5.41) is 7.99. The molecule has 0 aliphatic carbocycles. The van der Waals surface area contributed by atoms with Crippen LogP contribution in [0.1, 0.15) is 18.2 Å². The van der Waals surface area contributed by atoms with Crippen molar-refractivity contribution in [3.63, 3.8) is 0 Å². The largest absolute Gasteiger partial charge is 0.312 e. The highest BCUT2D eigenvalue weighted by Gasteiger charge is 2.17. The van der Waals surface area contributed by atoms with Crippen LogP contribution in [0.15, 0.2) is 36.5 Å². The molecule has 2 aromatic rings. The topological polar surface area (TPSA) is 33.1 Å². The Hall–Kier alpha value is -1.36. The Bertz CT molecular complexity index is 581. The second-order valence-corrected chi connectivity index (χ2v) is 5.61. The van der Waals surface area contributed by atoms with E-state index in [1.54, 1.807) is 0 Å². The van der Waals surface area contributed by atoms with Crippen LogP contribution < -0.4 is 5.32 Å². The number of hydrogen-bond donors (Lipinski definition) is 1. The average molecular weight is 307 g/mol. The minimum atomic E-state index is 0. The molecule has 1 aromatic heterocycles. The molecule has 0 bridgehead atoms. The van der Waals surface area contributed by atoms with Gasteiger partial charge in [0.25, 0.3) is 0 Å². The number of nitrogens with one attached hydrogen (secondary N) is 1. The maximum Gasteiger partial charge on any atom is 0.0678 e. The summed E-state index contributed by atoms with van der Waals surface area (Å²) in [6.45, 7) is 8.60. The monoisotopic (exact) mass is 306 g/mol. The average Bonchev–Trinajstić information content (AvgIpc) is 2.87. The lowest BCUT2D eigenvalue weighted by Crippen LogP contribution is -2.48. The minimum Gasteiger partial charge on any atom is -0.312 e. The van der Waals surface area contributed by atoms with Crippen molar-refractivity contribution >= 4 is 12.4 Å². The molecule has 2 heterocycles. The molecule has 0 saturated carbocycles. The van der Waals surface area contributed by atoms with Gasteiger partial charge in [0.1, 0.15) is 0 Å². The van der Waals surface area contributed by atoms with E-state index >= 15 is 0 Å². The van der Waals surface area contributed by atoms with Crippen LogP contribution in [0, 0.1) is 6.92 Å². The van der Waals surface area contributed by atoms with E-state index < -0.39 is 0 Å². The van der Waals surface area contributed by atoms with E-state index in [1.807, 2.05) is 6.20 Å². The lowest BCUT2D eigenvalue weighted by Gasteiger charge is -2.31. The molecule has 3 rings (SSSR count). The Balaban J connectivity index is 0.00000161. The van der Waals surface area contributed by atoms with Gasteiger partial charge < -0.3 is 5.32 Å². The summed E-state index contributed by atoms with van der Waals surface area (Å²) in [7, 11) is 0. The molecule has 1 aliphatic rings. The van der Waals surface area contributed by atoms with E-state index in [0.717, 1.165) is 26.2 Å². The third kappa shape index (κ3) is 3.64. The summed E-state index contributed by atoms with van der Waals surface area (Å²) in [4.78, 5) is 2.49. The summed E-state index contributed by atoms with van der Waals surface area (Å²) >= 11 is 0. The van der Waals surface area contributed by atoms with E-state index in [9.17, 15) is 0 Å². The van der Waals surface area contributed by atoms with Crippen LogP contribution in [0.4, 0.5) is 0 Å². The zero-order valence-electron chi connectivity index (χ0n) is 12.6. The highest BCUT2D eigenvalue weighted by Crippen LogP contribution is 2.16. The molecule has 21 heavy (non-hydrogen) atoms. The van der Waals surface area contributed by atoms with Crippen LogP contribution in [0.2, 0.25) is 0 Å². The SMILES string of the molecule is Cc1ccccc1-n1nccc1CN1CCN[C@@H](C)C1.Cl. The Morgan fingerprint density at radius 1 is 1.29 bits per heavy atom. The van der Waals surface area contributed by atoms with Crippen molar-refractivity contribution in [2.45, 2.75) is 26.4 Å². The molecule has 5 heteroatoms. The molecule has 1 aliphatic heterocycles. The first-order valence-corrected chi connectivity index (χ1v) is 7.28. The lowest BCUT2D eigenvalue weighted by atomic mass is 10.2. The van der Waals surface area contributed by atoms with Gasteiger partial charge in [-0.2, -0.15) is 5.10 Å². The summed E-state index contributed by atoms with van der Waals surface area (Å²) in [6, 6.07) is 11.1. The smallest absolute Gasteiger partial charge is 0.0678 e. The van der Waals surface area contributed by atoms with Gasteiger partial charge in [-0.25, -0.2) is 4.68 Å². The number of benzene rings is 1. The fourth-order valence-corrected chi connectivity index (χ4v) is 2.85. The zero-order chi connectivity index (χ0) is 13.9. The number of aryl methyl sites for hydroxylation is 1. The molecule has 0 unspecified atom stereocenters. The van der Waals surface area contributed by atoms with E-state index in [2.05, 4.69) is 64.2 Å². The van der Waals surface area contributed by atoms with Gasteiger partial charge in [0.05, 0.1) is 11.4 Å². The van der Waals surface area contributed by atoms with Crippen LogP contribution in [0.3, 0.4) is 0 Å². The molecular formula is C16H23ClN4. The van der Waals surface area contributed by atoms with Crippen molar-refractivity contribution in [2.24, 2.45) is 0 Å². The third-order valence-corrected chi connectivity index (χ3v) is 3.90. The first kappa shape index (κ1) is 16.0. The van der Waals surface area contributed by atoms with Crippen molar-refractivity contribution in [2.75, 3.05) is 19.6 Å². The van der Waals surface area contributed by atoms with E-state index in [0.29, 0.717) is 6.04 Å². The van der Waals surface area contributed by atoms with Crippen LogP contribution in [0.25, 0.3) is 5.69 Å². The second kappa shape index (κ2) is 7.07. The van der Waals surface area contributed by atoms with Crippen LogP contribution >= 0.6 is 12.4 Å². The van der Waals surface area contributed by atoms with E-state index in [-0.39, 0.29) is 12.4 Å². The Morgan fingerprint density at radius 3 is 2.86 bits per heavy atom. The van der Waals surface area contributed by atoms with Crippen molar-refractivity contribution in [3.8, 4) is 5.69 Å². The molecule has 0 spiro atoms. The maximum atomic E-state index is 4.51. The van der Waals surface area contributed by atoms with Crippen LogP contribution in [-0.2, 0) is 6.54 Å². The van der Waals surface area contributed by atoms with Gasteiger partial charge in [-0.05, 0) is 31.5 Å². The highest BCUT2D eigenvalue weighted by molar-refractivity contribution is 5.85.